The average Bonchev–Trinajstić information content (AvgIpc) is 3.24. The lowest BCUT2D eigenvalue weighted by Gasteiger charge is -2.40. The van der Waals surface area contributed by atoms with Crippen molar-refractivity contribution < 1.29 is 13.7 Å². The topological polar surface area (TPSA) is 58.4 Å². The first-order valence-electron chi connectivity index (χ1n) is 9.74. The smallest absolute Gasteiger partial charge is 0.223 e. The Morgan fingerprint density at radius 2 is 2.11 bits per heavy atom. The van der Waals surface area contributed by atoms with Gasteiger partial charge in [-0.05, 0) is 50.8 Å². The normalized spacial score (nSPS) is 24.9. The van der Waals surface area contributed by atoms with Gasteiger partial charge in [0.05, 0.1) is 11.7 Å². The van der Waals surface area contributed by atoms with Crippen LogP contribution in [0, 0.1) is 19.7 Å². The van der Waals surface area contributed by atoms with Crippen molar-refractivity contribution in [1.29, 1.82) is 0 Å². The molecule has 2 aliphatic rings. The van der Waals surface area contributed by atoms with E-state index in [0.29, 0.717) is 18.9 Å². The van der Waals surface area contributed by atoms with E-state index in [9.17, 15) is 9.18 Å². The number of piperidine rings is 1. The Labute approximate surface area is 158 Å². The van der Waals surface area contributed by atoms with Crippen LogP contribution >= 0.6 is 0 Å². The summed E-state index contributed by atoms with van der Waals surface area (Å²) in [6.07, 6.45) is 3.21. The second kappa shape index (κ2) is 7.43. The number of fused-ring (bicyclic) bond motifs is 1. The van der Waals surface area contributed by atoms with Gasteiger partial charge in [-0.2, -0.15) is 0 Å². The van der Waals surface area contributed by atoms with Crippen LogP contribution < -0.4 is 5.32 Å². The maximum atomic E-state index is 13.3. The van der Waals surface area contributed by atoms with E-state index >= 15 is 0 Å². The molecule has 0 radical (unpaired) electrons. The van der Waals surface area contributed by atoms with Crippen molar-refractivity contribution in [3.63, 3.8) is 0 Å². The van der Waals surface area contributed by atoms with E-state index in [2.05, 4.69) is 15.4 Å². The van der Waals surface area contributed by atoms with Crippen molar-refractivity contribution in [3.8, 4) is 0 Å². The summed E-state index contributed by atoms with van der Waals surface area (Å²) in [5, 5.41) is 7.56. The number of aryl methyl sites for hydroxylation is 2. The lowest BCUT2D eigenvalue weighted by molar-refractivity contribution is -0.135. The minimum absolute atomic E-state index is 0.140. The standard InChI is InChI=1S/C21H26FN3O2/c1-13-17(14(2)27-24-13)9-10-20(26)25-11-3-4-19-21(25)18(12-23-19)15-5-7-16(22)8-6-15/h5-8,18-19,21,23H,3-4,9-12H2,1-2H3/t18-,19-,21-/m1/s1. The van der Waals surface area contributed by atoms with Crippen LogP contribution in [0.3, 0.4) is 0 Å². The maximum Gasteiger partial charge on any atom is 0.223 e. The highest BCUT2D eigenvalue weighted by Crippen LogP contribution is 2.35. The first-order valence-corrected chi connectivity index (χ1v) is 9.74. The predicted octanol–water partition coefficient (Wildman–Crippen LogP) is 3.11. The molecule has 2 aliphatic heterocycles. The molecule has 1 amide bonds. The molecule has 2 fully saturated rings. The van der Waals surface area contributed by atoms with Crippen LogP contribution in [0.5, 0.6) is 0 Å². The molecule has 6 heteroatoms. The van der Waals surface area contributed by atoms with Gasteiger partial charge < -0.3 is 14.7 Å². The highest BCUT2D eigenvalue weighted by molar-refractivity contribution is 5.77. The van der Waals surface area contributed by atoms with E-state index in [1.807, 2.05) is 26.0 Å². The van der Waals surface area contributed by atoms with Crippen LogP contribution in [0.4, 0.5) is 4.39 Å². The van der Waals surface area contributed by atoms with Crippen LogP contribution in [0.2, 0.25) is 0 Å². The third-order valence-corrected chi connectivity index (χ3v) is 6.09. The molecule has 1 N–H and O–H groups in total. The van der Waals surface area contributed by atoms with Gasteiger partial charge in [0, 0.05) is 37.0 Å². The predicted molar refractivity (Wildman–Crippen MR) is 100.0 cm³/mol. The second-order valence-electron chi connectivity index (χ2n) is 7.70. The third-order valence-electron chi connectivity index (χ3n) is 6.09. The van der Waals surface area contributed by atoms with Gasteiger partial charge in [0.1, 0.15) is 11.6 Å². The number of nitrogens with one attached hydrogen (secondary N) is 1. The minimum Gasteiger partial charge on any atom is -0.361 e. The van der Waals surface area contributed by atoms with Crippen molar-refractivity contribution in [1.82, 2.24) is 15.4 Å². The molecule has 3 heterocycles. The number of carbonyl (C=O) groups is 1. The van der Waals surface area contributed by atoms with Crippen LogP contribution in [-0.2, 0) is 11.2 Å². The Bertz CT molecular complexity index is 798. The Morgan fingerprint density at radius 3 is 2.81 bits per heavy atom. The summed E-state index contributed by atoms with van der Waals surface area (Å²) in [7, 11) is 0. The molecule has 3 atom stereocenters. The lowest BCUT2D eigenvalue weighted by Crippen LogP contribution is -2.52. The van der Waals surface area contributed by atoms with Gasteiger partial charge in [-0.1, -0.05) is 17.3 Å². The molecule has 4 rings (SSSR count). The number of halogens is 1. The number of rotatable bonds is 4. The van der Waals surface area contributed by atoms with Crippen molar-refractivity contribution in [3.05, 3.63) is 52.7 Å². The van der Waals surface area contributed by atoms with Gasteiger partial charge in [-0.25, -0.2) is 4.39 Å². The molecule has 1 aromatic heterocycles. The summed E-state index contributed by atoms with van der Waals surface area (Å²) in [4.78, 5) is 15.1. The zero-order valence-electron chi connectivity index (χ0n) is 15.9. The van der Waals surface area contributed by atoms with Gasteiger partial charge in [0.25, 0.3) is 0 Å². The van der Waals surface area contributed by atoms with Crippen LogP contribution in [-0.4, -0.2) is 41.1 Å². The van der Waals surface area contributed by atoms with Gasteiger partial charge in [-0.15, -0.1) is 0 Å². The van der Waals surface area contributed by atoms with Gasteiger partial charge in [0.15, 0.2) is 0 Å². The van der Waals surface area contributed by atoms with E-state index < -0.39 is 0 Å². The van der Waals surface area contributed by atoms with Gasteiger partial charge >= 0.3 is 0 Å². The Morgan fingerprint density at radius 1 is 1.33 bits per heavy atom. The number of hydrogen-bond donors (Lipinski definition) is 1. The third kappa shape index (κ3) is 3.50. The Hall–Kier alpha value is -2.21. The molecular formula is C21H26FN3O2. The number of likely N-dealkylation sites (tertiary alicyclic amines) is 1. The van der Waals surface area contributed by atoms with Gasteiger partial charge in [-0.3, -0.25) is 4.79 Å². The summed E-state index contributed by atoms with van der Waals surface area (Å²) in [5.41, 5.74) is 3.00. The largest absolute Gasteiger partial charge is 0.361 e. The van der Waals surface area contributed by atoms with Crippen LogP contribution in [0.15, 0.2) is 28.8 Å². The number of aromatic nitrogens is 1. The number of amides is 1. The fraction of sp³-hybridized carbons (Fsp3) is 0.524. The number of carbonyl (C=O) groups excluding carboxylic acids is 1. The minimum atomic E-state index is -0.225. The summed E-state index contributed by atoms with van der Waals surface area (Å²) in [6, 6.07) is 7.18. The molecule has 27 heavy (non-hydrogen) atoms. The zero-order chi connectivity index (χ0) is 19.0. The SMILES string of the molecule is Cc1noc(C)c1CCC(=O)N1CCC[C@H]2NC[C@H](c3ccc(F)cc3)[C@H]21. The van der Waals surface area contributed by atoms with E-state index in [4.69, 9.17) is 4.52 Å². The van der Waals surface area contributed by atoms with Crippen molar-refractivity contribution >= 4 is 5.91 Å². The molecule has 0 aliphatic carbocycles. The maximum absolute atomic E-state index is 13.3. The second-order valence-corrected chi connectivity index (χ2v) is 7.70. The molecule has 0 spiro atoms. The van der Waals surface area contributed by atoms with Crippen molar-refractivity contribution in [2.45, 2.75) is 57.5 Å². The zero-order valence-corrected chi connectivity index (χ0v) is 15.9. The summed E-state index contributed by atoms with van der Waals surface area (Å²) in [5.74, 6) is 0.959. The summed E-state index contributed by atoms with van der Waals surface area (Å²) in [6.45, 7) is 5.43. The highest BCUT2D eigenvalue weighted by Gasteiger charge is 2.44. The molecule has 0 bridgehead atoms. The lowest BCUT2D eigenvalue weighted by atomic mass is 9.86. The van der Waals surface area contributed by atoms with E-state index in [-0.39, 0.29) is 23.7 Å². The van der Waals surface area contributed by atoms with Crippen molar-refractivity contribution in [2.75, 3.05) is 13.1 Å². The van der Waals surface area contributed by atoms with Crippen LogP contribution in [0.1, 0.15) is 47.8 Å². The molecule has 2 aromatic rings. The number of hydrogen-bond acceptors (Lipinski definition) is 4. The molecule has 2 saturated heterocycles. The molecule has 5 nitrogen and oxygen atoms in total. The fourth-order valence-electron chi connectivity index (χ4n) is 4.69. The van der Waals surface area contributed by atoms with Gasteiger partial charge in [0.2, 0.25) is 5.91 Å². The Balaban J connectivity index is 1.50. The molecule has 0 saturated carbocycles. The molecule has 144 valence electrons. The Kier molecular flexibility index (Phi) is 5.00. The van der Waals surface area contributed by atoms with Crippen LogP contribution in [0.25, 0.3) is 0 Å². The van der Waals surface area contributed by atoms with Crippen molar-refractivity contribution in [2.24, 2.45) is 0 Å². The summed E-state index contributed by atoms with van der Waals surface area (Å²) < 4.78 is 18.5. The highest BCUT2D eigenvalue weighted by atomic mass is 19.1. The monoisotopic (exact) mass is 371 g/mol. The molecule has 1 aromatic carbocycles. The first-order chi connectivity index (χ1) is 13.0. The van der Waals surface area contributed by atoms with E-state index in [0.717, 1.165) is 48.5 Å². The first kappa shape index (κ1) is 18.2. The molecule has 0 unspecified atom stereocenters. The fourth-order valence-corrected chi connectivity index (χ4v) is 4.69. The number of nitrogens with zero attached hydrogens (tertiary/aromatic N) is 2. The number of benzene rings is 1. The van der Waals surface area contributed by atoms with E-state index in [1.165, 1.54) is 12.1 Å². The van der Waals surface area contributed by atoms with E-state index in [1.54, 1.807) is 0 Å². The summed E-state index contributed by atoms with van der Waals surface area (Å²) >= 11 is 0. The quantitative estimate of drug-likeness (QED) is 0.897. The average molecular weight is 371 g/mol. The molecular weight excluding hydrogens is 345 g/mol.